The monoisotopic (exact) mass is 507 g/mol. The zero-order valence-corrected chi connectivity index (χ0v) is 22.2. The van der Waals surface area contributed by atoms with Crippen molar-refractivity contribution in [3.63, 3.8) is 0 Å². The molecule has 1 saturated heterocycles. The molecule has 0 aliphatic carbocycles. The van der Waals surface area contributed by atoms with Crippen molar-refractivity contribution in [2.45, 2.75) is 50.3 Å². The molecule has 186 valence electrons. The van der Waals surface area contributed by atoms with Crippen LogP contribution in [-0.2, 0) is 24.8 Å². The van der Waals surface area contributed by atoms with E-state index in [1.807, 2.05) is 19.1 Å². The van der Waals surface area contributed by atoms with Crippen LogP contribution in [0.4, 0.5) is 5.69 Å². The molecular weight excluding hydrogens is 474 g/mol. The number of rotatable bonds is 6. The van der Waals surface area contributed by atoms with Gasteiger partial charge >= 0.3 is 0 Å². The van der Waals surface area contributed by atoms with Crippen molar-refractivity contribution in [1.29, 1.82) is 0 Å². The Hall–Kier alpha value is -2.27. The average molecular weight is 508 g/mol. The maximum Gasteiger partial charge on any atom is 0.243 e. The fourth-order valence-corrected chi connectivity index (χ4v) is 7.28. The lowest BCUT2D eigenvalue weighted by atomic mass is 9.98. The van der Waals surface area contributed by atoms with Gasteiger partial charge in [0.1, 0.15) is 0 Å². The van der Waals surface area contributed by atoms with Crippen LogP contribution < -0.4 is 5.32 Å². The Morgan fingerprint density at radius 3 is 2.18 bits per heavy atom. The predicted molar refractivity (Wildman–Crippen MR) is 133 cm³/mol. The van der Waals surface area contributed by atoms with Crippen molar-refractivity contribution in [1.82, 2.24) is 8.61 Å². The molecule has 34 heavy (non-hydrogen) atoms. The SMILES string of the molecule is Cc1cc(C)c(S(=O)(=O)N2CCCC(C(=O)Nc3cc(S(=O)(=O)N(C)C)ccc3C)C2)c(C)c1. The molecule has 1 amide bonds. The Kier molecular flexibility index (Phi) is 7.57. The third kappa shape index (κ3) is 5.19. The molecule has 3 rings (SSSR count). The molecule has 10 heteroatoms. The minimum atomic E-state index is -3.75. The van der Waals surface area contributed by atoms with E-state index in [4.69, 9.17) is 0 Å². The van der Waals surface area contributed by atoms with E-state index < -0.39 is 26.0 Å². The van der Waals surface area contributed by atoms with Gasteiger partial charge in [-0.2, -0.15) is 4.31 Å². The first-order chi connectivity index (χ1) is 15.7. The molecule has 0 spiro atoms. The summed E-state index contributed by atoms with van der Waals surface area (Å²) < 4.78 is 54.4. The van der Waals surface area contributed by atoms with Crippen LogP contribution in [-0.4, -0.2) is 58.5 Å². The van der Waals surface area contributed by atoms with Gasteiger partial charge in [0.2, 0.25) is 26.0 Å². The number of anilines is 1. The maximum absolute atomic E-state index is 13.5. The molecule has 2 aromatic carbocycles. The van der Waals surface area contributed by atoms with Crippen molar-refractivity contribution in [2.24, 2.45) is 5.92 Å². The van der Waals surface area contributed by atoms with Gasteiger partial charge in [-0.05, 0) is 69.4 Å². The number of aryl methyl sites for hydroxylation is 4. The van der Waals surface area contributed by atoms with Crippen LogP contribution in [0.2, 0.25) is 0 Å². The number of carbonyl (C=O) groups is 1. The Morgan fingerprint density at radius 2 is 1.59 bits per heavy atom. The molecule has 0 saturated carbocycles. The van der Waals surface area contributed by atoms with Crippen LogP contribution >= 0.6 is 0 Å². The van der Waals surface area contributed by atoms with Crippen molar-refractivity contribution in [3.8, 4) is 0 Å². The van der Waals surface area contributed by atoms with Gasteiger partial charge < -0.3 is 5.32 Å². The van der Waals surface area contributed by atoms with Gasteiger partial charge in [-0.25, -0.2) is 21.1 Å². The number of nitrogens with one attached hydrogen (secondary N) is 1. The highest BCUT2D eigenvalue weighted by molar-refractivity contribution is 7.89. The van der Waals surface area contributed by atoms with E-state index in [1.165, 1.54) is 30.5 Å². The van der Waals surface area contributed by atoms with E-state index in [1.54, 1.807) is 26.8 Å². The summed E-state index contributed by atoms with van der Waals surface area (Å²) >= 11 is 0. The third-order valence-corrected chi connectivity index (χ3v) is 10.2. The van der Waals surface area contributed by atoms with Crippen molar-refractivity contribution in [3.05, 3.63) is 52.6 Å². The normalized spacial score (nSPS) is 17.7. The minimum Gasteiger partial charge on any atom is -0.326 e. The Balaban J connectivity index is 1.83. The molecule has 0 bridgehead atoms. The second-order valence-corrected chi connectivity index (χ2v) is 13.2. The van der Waals surface area contributed by atoms with E-state index in [-0.39, 0.29) is 17.3 Å². The standard InChI is InChI=1S/C24H33N3O5S2/c1-16-12-18(3)23(19(4)13-16)34(31,32)27-11-7-8-20(15-27)24(28)25-22-14-21(10-9-17(22)2)33(29,30)26(5)6/h9-10,12-14,20H,7-8,11,15H2,1-6H3,(H,25,28). The zero-order chi connectivity index (χ0) is 25.4. The first kappa shape index (κ1) is 26.3. The molecular formula is C24H33N3O5S2. The Morgan fingerprint density at radius 1 is 0.971 bits per heavy atom. The van der Waals surface area contributed by atoms with Gasteiger partial charge in [0.25, 0.3) is 0 Å². The fourth-order valence-electron chi connectivity index (χ4n) is 4.42. The molecule has 2 aromatic rings. The van der Waals surface area contributed by atoms with Crippen molar-refractivity contribution < 1.29 is 21.6 Å². The van der Waals surface area contributed by atoms with Crippen LogP contribution in [0.15, 0.2) is 40.1 Å². The number of nitrogens with zero attached hydrogens (tertiary/aromatic N) is 2. The highest BCUT2D eigenvalue weighted by Gasteiger charge is 2.35. The molecule has 8 nitrogen and oxygen atoms in total. The highest BCUT2D eigenvalue weighted by atomic mass is 32.2. The van der Waals surface area contributed by atoms with E-state index in [9.17, 15) is 21.6 Å². The third-order valence-electron chi connectivity index (χ3n) is 6.20. The van der Waals surface area contributed by atoms with E-state index in [0.29, 0.717) is 41.1 Å². The van der Waals surface area contributed by atoms with Crippen LogP contribution in [0.5, 0.6) is 0 Å². The van der Waals surface area contributed by atoms with Gasteiger partial charge in [-0.1, -0.05) is 23.8 Å². The first-order valence-corrected chi connectivity index (χ1v) is 14.0. The molecule has 1 N–H and O–H groups in total. The number of piperidine rings is 1. The molecule has 1 aliphatic rings. The van der Waals surface area contributed by atoms with Crippen molar-refractivity contribution >= 4 is 31.6 Å². The van der Waals surface area contributed by atoms with Gasteiger partial charge in [0.15, 0.2) is 0 Å². The van der Waals surface area contributed by atoms with Crippen LogP contribution in [0.3, 0.4) is 0 Å². The summed E-state index contributed by atoms with van der Waals surface area (Å²) in [7, 11) is -4.51. The topological polar surface area (TPSA) is 104 Å². The van der Waals surface area contributed by atoms with E-state index in [0.717, 1.165) is 15.4 Å². The number of benzene rings is 2. The lowest BCUT2D eigenvalue weighted by Crippen LogP contribution is -2.44. The van der Waals surface area contributed by atoms with Gasteiger partial charge in [-0.15, -0.1) is 0 Å². The van der Waals surface area contributed by atoms with Gasteiger partial charge in [0.05, 0.1) is 15.7 Å². The summed E-state index contributed by atoms with van der Waals surface area (Å²) in [6, 6.07) is 8.30. The predicted octanol–water partition coefficient (Wildman–Crippen LogP) is 3.21. The molecule has 1 fully saturated rings. The number of hydrogen-bond donors (Lipinski definition) is 1. The van der Waals surface area contributed by atoms with Gasteiger partial charge in [-0.3, -0.25) is 4.79 Å². The smallest absolute Gasteiger partial charge is 0.243 e. The summed E-state index contributed by atoms with van der Waals surface area (Å²) in [5.41, 5.74) is 3.51. The molecule has 1 atom stereocenters. The summed E-state index contributed by atoms with van der Waals surface area (Å²) in [6.45, 7) is 7.72. The summed E-state index contributed by atoms with van der Waals surface area (Å²) in [4.78, 5) is 13.5. The van der Waals surface area contributed by atoms with Crippen LogP contribution in [0, 0.1) is 33.6 Å². The lowest BCUT2D eigenvalue weighted by molar-refractivity contribution is -0.120. The van der Waals surface area contributed by atoms with Crippen molar-refractivity contribution in [2.75, 3.05) is 32.5 Å². The second-order valence-electron chi connectivity index (χ2n) is 9.18. The summed E-state index contributed by atoms with van der Waals surface area (Å²) in [5.74, 6) is -0.858. The van der Waals surface area contributed by atoms with Gasteiger partial charge in [0, 0.05) is 32.9 Å². The van der Waals surface area contributed by atoms with Crippen LogP contribution in [0.25, 0.3) is 0 Å². The quantitative estimate of drug-likeness (QED) is 0.647. The fraction of sp³-hybridized carbons (Fsp3) is 0.458. The molecule has 1 heterocycles. The first-order valence-electron chi connectivity index (χ1n) is 11.2. The average Bonchev–Trinajstić information content (AvgIpc) is 2.74. The minimum absolute atomic E-state index is 0.0790. The molecule has 0 aromatic heterocycles. The second kappa shape index (κ2) is 9.77. The van der Waals surface area contributed by atoms with E-state index >= 15 is 0 Å². The number of sulfonamides is 2. The largest absolute Gasteiger partial charge is 0.326 e. The molecule has 1 unspecified atom stereocenters. The Labute approximate surface area is 203 Å². The number of hydrogen-bond acceptors (Lipinski definition) is 5. The lowest BCUT2D eigenvalue weighted by Gasteiger charge is -2.32. The zero-order valence-electron chi connectivity index (χ0n) is 20.5. The summed E-state index contributed by atoms with van der Waals surface area (Å²) in [6.07, 6.45) is 1.12. The summed E-state index contributed by atoms with van der Waals surface area (Å²) in [5, 5.41) is 2.83. The molecule has 0 radical (unpaired) electrons. The van der Waals surface area contributed by atoms with E-state index in [2.05, 4.69) is 5.32 Å². The highest BCUT2D eigenvalue weighted by Crippen LogP contribution is 2.30. The number of amides is 1. The molecule has 1 aliphatic heterocycles. The maximum atomic E-state index is 13.5. The van der Waals surface area contributed by atoms with Crippen LogP contribution in [0.1, 0.15) is 35.1 Å². The Bertz CT molecular complexity index is 1300. The number of carbonyl (C=O) groups excluding carboxylic acids is 1.